The maximum Gasteiger partial charge on any atom is 0.294 e. The zero-order valence-electron chi connectivity index (χ0n) is 20.7. The lowest BCUT2D eigenvalue weighted by Crippen LogP contribution is -2.36. The topological polar surface area (TPSA) is 119 Å². The lowest BCUT2D eigenvalue weighted by atomic mass is 10.0. The lowest BCUT2D eigenvalue weighted by Gasteiger charge is -2.13. The molecule has 1 aliphatic rings. The number of imide groups is 1. The number of amides is 3. The molecular weight excluding hydrogens is 506 g/mol. The molecule has 194 valence electrons. The van der Waals surface area contributed by atoms with Crippen LogP contribution in [0.1, 0.15) is 36.5 Å². The standard InChI is InChI=1S/C28H25N3O6S/c1-18(2)21-8-10-22(11-9-21)29-26(32)16-30-27(33)25(38-28(30)34)15-20-4-3-5-24(14-20)37-17-19-6-12-23(13-7-19)31(35)36/h3-15,18H,16-17H2,1-2H3,(H,29,32)/b25-15+. The number of hydrogen-bond acceptors (Lipinski definition) is 7. The average molecular weight is 532 g/mol. The minimum Gasteiger partial charge on any atom is -0.489 e. The van der Waals surface area contributed by atoms with Gasteiger partial charge in [-0.05, 0) is 76.8 Å². The van der Waals surface area contributed by atoms with Crippen LogP contribution in [0.15, 0.2) is 77.7 Å². The Morgan fingerprint density at radius 2 is 1.79 bits per heavy atom. The van der Waals surface area contributed by atoms with Gasteiger partial charge in [0.05, 0.1) is 9.83 Å². The van der Waals surface area contributed by atoms with Gasteiger partial charge in [0.2, 0.25) is 5.91 Å². The summed E-state index contributed by atoms with van der Waals surface area (Å²) in [6.45, 7) is 3.97. The molecule has 0 radical (unpaired) electrons. The summed E-state index contributed by atoms with van der Waals surface area (Å²) in [5.41, 5.74) is 3.14. The van der Waals surface area contributed by atoms with Gasteiger partial charge in [0.25, 0.3) is 16.8 Å². The van der Waals surface area contributed by atoms with Gasteiger partial charge >= 0.3 is 0 Å². The second kappa shape index (κ2) is 11.7. The molecule has 3 aromatic rings. The summed E-state index contributed by atoms with van der Waals surface area (Å²) < 4.78 is 5.78. The second-order valence-electron chi connectivity index (χ2n) is 8.88. The first-order valence-electron chi connectivity index (χ1n) is 11.8. The van der Waals surface area contributed by atoms with E-state index < -0.39 is 22.0 Å². The molecule has 1 fully saturated rings. The molecule has 10 heteroatoms. The number of nitrogens with one attached hydrogen (secondary N) is 1. The number of nitrogens with zero attached hydrogens (tertiary/aromatic N) is 2. The fraction of sp³-hybridized carbons (Fsp3) is 0.179. The van der Waals surface area contributed by atoms with Crippen molar-refractivity contribution in [1.82, 2.24) is 4.90 Å². The Labute approximate surface area is 223 Å². The van der Waals surface area contributed by atoms with Gasteiger partial charge in [0, 0.05) is 17.8 Å². The summed E-state index contributed by atoms with van der Waals surface area (Å²) in [6.07, 6.45) is 1.58. The molecule has 0 saturated carbocycles. The monoisotopic (exact) mass is 531 g/mol. The zero-order chi connectivity index (χ0) is 27.2. The molecule has 1 heterocycles. The van der Waals surface area contributed by atoms with Crippen LogP contribution < -0.4 is 10.1 Å². The van der Waals surface area contributed by atoms with Crippen molar-refractivity contribution in [2.75, 3.05) is 11.9 Å². The Morgan fingerprint density at radius 3 is 2.45 bits per heavy atom. The van der Waals surface area contributed by atoms with Crippen molar-refractivity contribution in [3.63, 3.8) is 0 Å². The van der Waals surface area contributed by atoms with Crippen LogP contribution in [0.5, 0.6) is 5.75 Å². The summed E-state index contributed by atoms with van der Waals surface area (Å²) in [7, 11) is 0. The first kappa shape index (κ1) is 26.6. The van der Waals surface area contributed by atoms with Crippen molar-refractivity contribution in [2.45, 2.75) is 26.4 Å². The number of nitro groups is 1. The summed E-state index contributed by atoms with van der Waals surface area (Å²) in [4.78, 5) is 49.3. The number of ether oxygens (including phenoxy) is 1. The van der Waals surface area contributed by atoms with Gasteiger partial charge in [-0.15, -0.1) is 0 Å². The number of benzene rings is 3. The van der Waals surface area contributed by atoms with Crippen LogP contribution in [0, 0.1) is 10.1 Å². The quantitative estimate of drug-likeness (QED) is 0.205. The van der Waals surface area contributed by atoms with Gasteiger partial charge in [-0.25, -0.2) is 0 Å². The van der Waals surface area contributed by atoms with Crippen molar-refractivity contribution in [1.29, 1.82) is 0 Å². The van der Waals surface area contributed by atoms with Crippen molar-refractivity contribution >= 4 is 46.3 Å². The van der Waals surface area contributed by atoms with Crippen molar-refractivity contribution in [2.24, 2.45) is 0 Å². The van der Waals surface area contributed by atoms with E-state index >= 15 is 0 Å². The first-order valence-corrected chi connectivity index (χ1v) is 12.6. The Balaban J connectivity index is 1.36. The van der Waals surface area contributed by atoms with E-state index in [-0.39, 0.29) is 23.7 Å². The number of rotatable bonds is 9. The molecule has 3 aromatic carbocycles. The number of carbonyl (C=O) groups is 3. The van der Waals surface area contributed by atoms with Gasteiger partial charge in [-0.2, -0.15) is 0 Å². The van der Waals surface area contributed by atoms with E-state index in [9.17, 15) is 24.5 Å². The molecule has 4 rings (SSSR count). The smallest absolute Gasteiger partial charge is 0.294 e. The number of nitro benzene ring substituents is 1. The summed E-state index contributed by atoms with van der Waals surface area (Å²) in [6, 6.07) is 20.5. The molecule has 3 amide bonds. The van der Waals surface area contributed by atoms with E-state index in [2.05, 4.69) is 19.2 Å². The molecule has 1 N–H and O–H groups in total. The third kappa shape index (κ3) is 6.65. The maximum atomic E-state index is 12.9. The summed E-state index contributed by atoms with van der Waals surface area (Å²) in [5, 5.41) is 13.0. The number of anilines is 1. The van der Waals surface area contributed by atoms with E-state index in [1.165, 1.54) is 12.1 Å². The Bertz CT molecular complexity index is 1400. The fourth-order valence-electron chi connectivity index (χ4n) is 3.66. The van der Waals surface area contributed by atoms with Crippen LogP contribution in [0.25, 0.3) is 6.08 Å². The van der Waals surface area contributed by atoms with Crippen LogP contribution >= 0.6 is 11.8 Å². The molecule has 0 spiro atoms. The minimum absolute atomic E-state index is 0.00229. The van der Waals surface area contributed by atoms with Crippen LogP contribution in [0.3, 0.4) is 0 Å². The Kier molecular flexibility index (Phi) is 8.22. The van der Waals surface area contributed by atoms with Gasteiger partial charge < -0.3 is 10.1 Å². The van der Waals surface area contributed by atoms with E-state index in [0.717, 1.165) is 27.8 Å². The van der Waals surface area contributed by atoms with Crippen LogP contribution in [0.4, 0.5) is 16.2 Å². The molecule has 1 saturated heterocycles. The molecule has 38 heavy (non-hydrogen) atoms. The lowest BCUT2D eigenvalue weighted by molar-refractivity contribution is -0.384. The molecule has 9 nitrogen and oxygen atoms in total. The van der Waals surface area contributed by atoms with Gasteiger partial charge in [0.1, 0.15) is 18.9 Å². The van der Waals surface area contributed by atoms with Gasteiger partial charge in [-0.1, -0.05) is 38.1 Å². The summed E-state index contributed by atoms with van der Waals surface area (Å²) in [5.74, 6) is -0.113. The largest absolute Gasteiger partial charge is 0.489 e. The molecule has 0 aliphatic carbocycles. The second-order valence-corrected chi connectivity index (χ2v) is 9.87. The molecule has 0 aromatic heterocycles. The Morgan fingerprint density at radius 1 is 1.08 bits per heavy atom. The van der Waals surface area contributed by atoms with Crippen molar-refractivity contribution < 1.29 is 24.0 Å². The highest BCUT2D eigenvalue weighted by Crippen LogP contribution is 2.32. The van der Waals surface area contributed by atoms with Crippen LogP contribution in [0.2, 0.25) is 0 Å². The predicted octanol–water partition coefficient (Wildman–Crippen LogP) is 5.97. The van der Waals surface area contributed by atoms with E-state index in [0.29, 0.717) is 22.9 Å². The van der Waals surface area contributed by atoms with E-state index in [1.807, 2.05) is 12.1 Å². The minimum atomic E-state index is -0.539. The van der Waals surface area contributed by atoms with Crippen molar-refractivity contribution in [3.05, 3.63) is 105 Å². The number of non-ortho nitro benzene ring substituents is 1. The SMILES string of the molecule is CC(C)c1ccc(NC(=O)CN2C(=O)S/C(=C/c3cccc(OCc4ccc([N+](=O)[O-])cc4)c3)C2=O)cc1. The Hall–Kier alpha value is -4.44. The highest BCUT2D eigenvalue weighted by molar-refractivity contribution is 8.18. The third-order valence-electron chi connectivity index (χ3n) is 5.74. The first-order chi connectivity index (χ1) is 18.2. The molecule has 0 atom stereocenters. The third-order valence-corrected chi connectivity index (χ3v) is 6.65. The number of carbonyl (C=O) groups excluding carboxylic acids is 3. The molecule has 0 bridgehead atoms. The van der Waals surface area contributed by atoms with Crippen molar-refractivity contribution in [3.8, 4) is 5.75 Å². The fourth-order valence-corrected chi connectivity index (χ4v) is 4.50. The molecule has 1 aliphatic heterocycles. The van der Waals surface area contributed by atoms with E-state index in [4.69, 9.17) is 4.74 Å². The van der Waals surface area contributed by atoms with Gasteiger partial charge in [-0.3, -0.25) is 29.4 Å². The molecule has 0 unspecified atom stereocenters. The molecular formula is C28H25N3O6S. The summed E-state index contributed by atoms with van der Waals surface area (Å²) >= 11 is 0.772. The average Bonchev–Trinajstić information content (AvgIpc) is 3.15. The normalized spacial score (nSPS) is 14.3. The highest BCUT2D eigenvalue weighted by Gasteiger charge is 2.36. The van der Waals surface area contributed by atoms with Crippen LogP contribution in [-0.2, 0) is 16.2 Å². The zero-order valence-corrected chi connectivity index (χ0v) is 21.6. The van der Waals surface area contributed by atoms with Gasteiger partial charge in [0.15, 0.2) is 0 Å². The highest BCUT2D eigenvalue weighted by atomic mass is 32.2. The number of thioether (sulfide) groups is 1. The predicted molar refractivity (Wildman–Crippen MR) is 146 cm³/mol. The van der Waals surface area contributed by atoms with E-state index in [1.54, 1.807) is 54.6 Å². The maximum absolute atomic E-state index is 12.9. The van der Waals surface area contributed by atoms with Crippen LogP contribution in [-0.4, -0.2) is 33.4 Å². The number of hydrogen-bond donors (Lipinski definition) is 1.